The van der Waals surface area contributed by atoms with E-state index in [9.17, 15) is 0 Å². The van der Waals surface area contributed by atoms with Crippen molar-refractivity contribution < 1.29 is 0 Å². The largest absolute Gasteiger partial charge is 0.358 e. The minimum atomic E-state index is 0.178. The van der Waals surface area contributed by atoms with Gasteiger partial charge in [-0.3, -0.25) is 0 Å². The minimum absolute atomic E-state index is 0.178. The molecule has 0 amide bonds. The first-order valence-corrected chi connectivity index (χ1v) is 4.08. The van der Waals surface area contributed by atoms with Gasteiger partial charge in [-0.05, 0) is 19.1 Å². The molecule has 0 aromatic carbocycles. The van der Waals surface area contributed by atoms with E-state index in [-0.39, 0.29) is 6.04 Å². The van der Waals surface area contributed by atoms with Crippen LogP contribution in [0.15, 0.2) is 24.4 Å². The van der Waals surface area contributed by atoms with Crippen LogP contribution in [0.2, 0.25) is 0 Å². The normalized spacial score (nSPS) is 12.6. The van der Waals surface area contributed by atoms with Gasteiger partial charge in [-0.25, -0.2) is 4.98 Å². The lowest BCUT2D eigenvalue weighted by atomic mass is 10.3. The number of nitrogens with two attached hydrogens (primary N) is 1. The molecule has 12 heavy (non-hydrogen) atoms. The summed E-state index contributed by atoms with van der Waals surface area (Å²) < 4.78 is 0. The zero-order chi connectivity index (χ0) is 8.97. The molecule has 1 unspecified atom stereocenters. The second kappa shape index (κ2) is 4.07. The van der Waals surface area contributed by atoms with Crippen LogP contribution in [-0.2, 0) is 0 Å². The molecule has 0 aliphatic rings. The molecule has 1 aromatic heterocycles. The van der Waals surface area contributed by atoms with Crippen LogP contribution in [0.4, 0.5) is 5.82 Å². The second-order valence-electron chi connectivity index (χ2n) is 3.05. The van der Waals surface area contributed by atoms with Crippen molar-refractivity contribution in [2.45, 2.75) is 13.0 Å². The smallest absolute Gasteiger partial charge is 0.128 e. The molecule has 0 saturated heterocycles. The molecule has 1 atom stereocenters. The first kappa shape index (κ1) is 9.00. The van der Waals surface area contributed by atoms with Crippen LogP contribution >= 0.6 is 0 Å². The molecule has 3 heteroatoms. The van der Waals surface area contributed by atoms with Gasteiger partial charge in [0.2, 0.25) is 0 Å². The van der Waals surface area contributed by atoms with Gasteiger partial charge in [0.1, 0.15) is 5.82 Å². The predicted molar refractivity (Wildman–Crippen MR) is 51.2 cm³/mol. The van der Waals surface area contributed by atoms with Crippen LogP contribution in [0.25, 0.3) is 0 Å². The van der Waals surface area contributed by atoms with Crippen molar-refractivity contribution in [3.05, 3.63) is 24.4 Å². The minimum Gasteiger partial charge on any atom is -0.358 e. The Bertz CT molecular complexity index is 220. The summed E-state index contributed by atoms with van der Waals surface area (Å²) in [6.45, 7) is 2.82. The van der Waals surface area contributed by atoms with E-state index in [4.69, 9.17) is 5.73 Å². The van der Waals surface area contributed by atoms with Crippen molar-refractivity contribution in [2.24, 2.45) is 5.73 Å². The monoisotopic (exact) mass is 165 g/mol. The average molecular weight is 165 g/mol. The van der Waals surface area contributed by atoms with Gasteiger partial charge in [0.05, 0.1) is 0 Å². The third-order valence-corrected chi connectivity index (χ3v) is 1.60. The van der Waals surface area contributed by atoms with Crippen molar-refractivity contribution in [3.8, 4) is 0 Å². The molecular formula is C9H15N3. The first-order valence-electron chi connectivity index (χ1n) is 4.08. The Balaban J connectivity index is 2.59. The summed E-state index contributed by atoms with van der Waals surface area (Å²) in [6, 6.07) is 6.03. The third kappa shape index (κ3) is 2.51. The van der Waals surface area contributed by atoms with Crippen LogP contribution in [-0.4, -0.2) is 24.6 Å². The average Bonchev–Trinajstić information content (AvgIpc) is 2.05. The molecule has 1 aromatic rings. The molecule has 0 fully saturated rings. The molecule has 0 spiro atoms. The fourth-order valence-electron chi connectivity index (χ4n) is 1.11. The Morgan fingerprint density at radius 2 is 2.33 bits per heavy atom. The molecule has 2 N–H and O–H groups in total. The molecule has 1 heterocycles. The van der Waals surface area contributed by atoms with E-state index >= 15 is 0 Å². The van der Waals surface area contributed by atoms with Gasteiger partial charge in [0.25, 0.3) is 0 Å². The van der Waals surface area contributed by atoms with E-state index in [0.717, 1.165) is 12.4 Å². The summed E-state index contributed by atoms with van der Waals surface area (Å²) >= 11 is 0. The lowest BCUT2D eigenvalue weighted by Crippen LogP contribution is -2.33. The fraction of sp³-hybridized carbons (Fsp3) is 0.444. The summed E-state index contributed by atoms with van der Waals surface area (Å²) in [5.41, 5.74) is 5.66. The molecule has 0 saturated carbocycles. The van der Waals surface area contributed by atoms with Crippen molar-refractivity contribution in [3.63, 3.8) is 0 Å². The molecule has 1 rings (SSSR count). The molecule has 3 nitrogen and oxygen atoms in total. The van der Waals surface area contributed by atoms with E-state index in [2.05, 4.69) is 4.98 Å². The summed E-state index contributed by atoms with van der Waals surface area (Å²) in [4.78, 5) is 6.25. The maximum atomic E-state index is 5.66. The molecule has 66 valence electrons. The molecule has 0 radical (unpaired) electrons. The number of anilines is 1. The molecule has 0 aliphatic carbocycles. The topological polar surface area (TPSA) is 42.1 Å². The van der Waals surface area contributed by atoms with Gasteiger partial charge < -0.3 is 10.6 Å². The zero-order valence-corrected chi connectivity index (χ0v) is 7.57. The molecular weight excluding hydrogens is 150 g/mol. The summed E-state index contributed by atoms with van der Waals surface area (Å²) in [6.07, 6.45) is 1.78. The highest BCUT2D eigenvalue weighted by atomic mass is 15.2. The van der Waals surface area contributed by atoms with Crippen LogP contribution in [0, 0.1) is 0 Å². The molecule has 0 bridgehead atoms. The van der Waals surface area contributed by atoms with E-state index in [0.29, 0.717) is 0 Å². The van der Waals surface area contributed by atoms with Gasteiger partial charge in [0, 0.05) is 25.8 Å². The Kier molecular flexibility index (Phi) is 3.05. The number of pyridine rings is 1. The van der Waals surface area contributed by atoms with Gasteiger partial charge in [-0.1, -0.05) is 6.07 Å². The number of rotatable bonds is 3. The Hall–Kier alpha value is -1.09. The first-order chi connectivity index (χ1) is 5.70. The number of nitrogens with zero attached hydrogens (tertiary/aromatic N) is 2. The van der Waals surface area contributed by atoms with E-state index < -0.39 is 0 Å². The highest BCUT2D eigenvalue weighted by molar-refractivity contribution is 5.36. The van der Waals surface area contributed by atoms with E-state index in [1.165, 1.54) is 0 Å². The van der Waals surface area contributed by atoms with Gasteiger partial charge >= 0.3 is 0 Å². The highest BCUT2D eigenvalue weighted by Crippen LogP contribution is 2.05. The standard InChI is InChI=1S/C9H15N3/c1-8(10)7-12(2)9-5-3-4-6-11-9/h3-6,8H,7,10H2,1-2H3. The van der Waals surface area contributed by atoms with Crippen molar-refractivity contribution >= 4 is 5.82 Å². The number of hydrogen-bond acceptors (Lipinski definition) is 3. The number of likely N-dealkylation sites (N-methyl/N-ethyl adjacent to an activating group) is 1. The highest BCUT2D eigenvalue weighted by Gasteiger charge is 2.02. The van der Waals surface area contributed by atoms with Crippen LogP contribution in [0.3, 0.4) is 0 Å². The lowest BCUT2D eigenvalue weighted by molar-refractivity contribution is 0.712. The predicted octanol–water partition coefficient (Wildman–Crippen LogP) is 0.865. The van der Waals surface area contributed by atoms with Crippen LogP contribution in [0.5, 0.6) is 0 Å². The number of aromatic nitrogens is 1. The Morgan fingerprint density at radius 1 is 1.58 bits per heavy atom. The number of hydrogen-bond donors (Lipinski definition) is 1. The summed E-state index contributed by atoms with van der Waals surface area (Å²) in [5.74, 6) is 0.967. The SMILES string of the molecule is CC(N)CN(C)c1ccccn1. The molecule has 0 aliphatic heterocycles. The quantitative estimate of drug-likeness (QED) is 0.722. The zero-order valence-electron chi connectivity index (χ0n) is 7.57. The van der Waals surface area contributed by atoms with Crippen molar-refractivity contribution in [1.82, 2.24) is 4.98 Å². The lowest BCUT2D eigenvalue weighted by Gasteiger charge is -2.19. The second-order valence-corrected chi connectivity index (χ2v) is 3.05. The van der Waals surface area contributed by atoms with Crippen molar-refractivity contribution in [1.29, 1.82) is 0 Å². The Labute approximate surface area is 73.2 Å². The van der Waals surface area contributed by atoms with Gasteiger partial charge in [-0.15, -0.1) is 0 Å². The maximum Gasteiger partial charge on any atom is 0.128 e. The summed E-state index contributed by atoms with van der Waals surface area (Å²) in [7, 11) is 1.99. The Morgan fingerprint density at radius 3 is 2.83 bits per heavy atom. The third-order valence-electron chi connectivity index (χ3n) is 1.60. The maximum absolute atomic E-state index is 5.66. The summed E-state index contributed by atoms with van der Waals surface area (Å²) in [5, 5.41) is 0. The van der Waals surface area contributed by atoms with Crippen molar-refractivity contribution in [2.75, 3.05) is 18.5 Å². The fourth-order valence-corrected chi connectivity index (χ4v) is 1.11. The van der Waals surface area contributed by atoms with E-state index in [1.807, 2.05) is 37.1 Å². The van der Waals surface area contributed by atoms with Gasteiger partial charge in [0.15, 0.2) is 0 Å². The van der Waals surface area contributed by atoms with E-state index in [1.54, 1.807) is 6.20 Å². The van der Waals surface area contributed by atoms with Crippen LogP contribution in [0.1, 0.15) is 6.92 Å². The van der Waals surface area contributed by atoms with Crippen LogP contribution < -0.4 is 10.6 Å². The van der Waals surface area contributed by atoms with Gasteiger partial charge in [-0.2, -0.15) is 0 Å².